The SMILES string of the molecule is O=C(Cc1ccccc1)NCC(S)Cc1ccccc1. The second-order valence-corrected chi connectivity index (χ2v) is 5.54. The first-order valence-corrected chi connectivity index (χ1v) is 7.28. The fourth-order valence-electron chi connectivity index (χ4n) is 2.03. The molecule has 0 aliphatic rings. The zero-order valence-corrected chi connectivity index (χ0v) is 12.2. The fraction of sp³-hybridized carbons (Fsp3) is 0.235. The van der Waals surface area contributed by atoms with Crippen molar-refractivity contribution >= 4 is 18.5 Å². The minimum Gasteiger partial charge on any atom is -0.355 e. The first-order chi connectivity index (χ1) is 9.74. The summed E-state index contributed by atoms with van der Waals surface area (Å²) in [6, 6.07) is 19.9. The van der Waals surface area contributed by atoms with E-state index in [1.165, 1.54) is 5.56 Å². The summed E-state index contributed by atoms with van der Waals surface area (Å²) in [4.78, 5) is 11.8. The van der Waals surface area contributed by atoms with E-state index in [4.69, 9.17) is 0 Å². The standard InChI is InChI=1S/C17H19NOS/c19-17(12-15-9-5-2-6-10-15)18-13-16(20)11-14-7-3-1-4-8-14/h1-10,16,20H,11-13H2,(H,18,19). The largest absolute Gasteiger partial charge is 0.355 e. The highest BCUT2D eigenvalue weighted by molar-refractivity contribution is 7.81. The van der Waals surface area contributed by atoms with Gasteiger partial charge >= 0.3 is 0 Å². The van der Waals surface area contributed by atoms with Crippen molar-refractivity contribution in [3.63, 3.8) is 0 Å². The Kier molecular flexibility index (Phi) is 5.69. The van der Waals surface area contributed by atoms with E-state index in [1.54, 1.807) is 0 Å². The molecule has 2 rings (SSSR count). The lowest BCUT2D eigenvalue weighted by Gasteiger charge is -2.12. The van der Waals surface area contributed by atoms with Gasteiger partial charge < -0.3 is 5.32 Å². The van der Waals surface area contributed by atoms with E-state index in [0.29, 0.717) is 13.0 Å². The molecule has 0 radical (unpaired) electrons. The minimum absolute atomic E-state index is 0.0447. The maximum Gasteiger partial charge on any atom is 0.224 e. The molecule has 20 heavy (non-hydrogen) atoms. The summed E-state index contributed by atoms with van der Waals surface area (Å²) in [6.07, 6.45) is 1.28. The molecule has 0 saturated carbocycles. The van der Waals surface area contributed by atoms with Crippen molar-refractivity contribution in [1.82, 2.24) is 5.32 Å². The van der Waals surface area contributed by atoms with Gasteiger partial charge in [0.25, 0.3) is 0 Å². The zero-order chi connectivity index (χ0) is 14.2. The third-order valence-electron chi connectivity index (χ3n) is 3.06. The highest BCUT2D eigenvalue weighted by atomic mass is 32.1. The van der Waals surface area contributed by atoms with E-state index in [1.807, 2.05) is 48.5 Å². The van der Waals surface area contributed by atoms with Gasteiger partial charge in [0, 0.05) is 11.8 Å². The van der Waals surface area contributed by atoms with Crippen LogP contribution < -0.4 is 5.32 Å². The van der Waals surface area contributed by atoms with Gasteiger partial charge in [0.2, 0.25) is 5.91 Å². The fourth-order valence-corrected chi connectivity index (χ4v) is 2.34. The lowest BCUT2D eigenvalue weighted by molar-refractivity contribution is -0.120. The molecule has 0 aliphatic carbocycles. The maximum atomic E-state index is 11.8. The third-order valence-corrected chi connectivity index (χ3v) is 3.42. The molecule has 3 heteroatoms. The molecule has 1 N–H and O–H groups in total. The summed E-state index contributed by atoms with van der Waals surface area (Å²) in [5, 5.41) is 3.07. The topological polar surface area (TPSA) is 29.1 Å². The van der Waals surface area contributed by atoms with Gasteiger partial charge in [-0.2, -0.15) is 12.6 Å². The Morgan fingerprint density at radius 3 is 2.10 bits per heavy atom. The number of hydrogen-bond acceptors (Lipinski definition) is 2. The van der Waals surface area contributed by atoms with Crippen molar-refractivity contribution in [2.45, 2.75) is 18.1 Å². The van der Waals surface area contributed by atoms with E-state index >= 15 is 0 Å². The van der Waals surface area contributed by atoms with Crippen molar-refractivity contribution in [2.24, 2.45) is 0 Å². The van der Waals surface area contributed by atoms with Crippen molar-refractivity contribution in [1.29, 1.82) is 0 Å². The lowest BCUT2D eigenvalue weighted by Crippen LogP contribution is -2.31. The molecular weight excluding hydrogens is 266 g/mol. The number of carbonyl (C=O) groups excluding carboxylic acids is 1. The van der Waals surface area contributed by atoms with Gasteiger partial charge in [-0.3, -0.25) is 4.79 Å². The van der Waals surface area contributed by atoms with Crippen molar-refractivity contribution in [3.05, 3.63) is 71.8 Å². The molecule has 1 unspecified atom stereocenters. The molecule has 1 atom stereocenters. The van der Waals surface area contributed by atoms with Crippen LogP contribution >= 0.6 is 12.6 Å². The average molecular weight is 285 g/mol. The number of rotatable bonds is 6. The number of hydrogen-bond donors (Lipinski definition) is 2. The first-order valence-electron chi connectivity index (χ1n) is 6.76. The van der Waals surface area contributed by atoms with Crippen LogP contribution in [0.15, 0.2) is 60.7 Å². The van der Waals surface area contributed by atoms with E-state index < -0.39 is 0 Å². The van der Waals surface area contributed by atoms with Gasteiger partial charge in [0.1, 0.15) is 0 Å². The molecule has 1 amide bonds. The predicted octanol–water partition coefficient (Wildman–Crippen LogP) is 2.89. The normalized spacial score (nSPS) is 11.8. The lowest BCUT2D eigenvalue weighted by atomic mass is 10.1. The van der Waals surface area contributed by atoms with Crippen LogP contribution in [0.2, 0.25) is 0 Å². The molecule has 2 nitrogen and oxygen atoms in total. The summed E-state index contributed by atoms with van der Waals surface area (Å²) in [6.45, 7) is 0.587. The zero-order valence-electron chi connectivity index (χ0n) is 11.3. The Hall–Kier alpha value is -1.74. The number of benzene rings is 2. The second kappa shape index (κ2) is 7.75. The van der Waals surface area contributed by atoms with Gasteiger partial charge in [0.05, 0.1) is 6.42 Å². The van der Waals surface area contributed by atoms with Crippen LogP contribution in [0.1, 0.15) is 11.1 Å². The second-order valence-electron chi connectivity index (χ2n) is 4.81. The van der Waals surface area contributed by atoms with Gasteiger partial charge in [0.15, 0.2) is 0 Å². The summed E-state index contributed by atoms with van der Waals surface area (Å²) >= 11 is 4.53. The van der Waals surface area contributed by atoms with Crippen LogP contribution in [-0.4, -0.2) is 17.7 Å². The predicted molar refractivity (Wildman–Crippen MR) is 86.1 cm³/mol. The van der Waals surface area contributed by atoms with Crippen molar-refractivity contribution < 1.29 is 4.79 Å². The van der Waals surface area contributed by atoms with E-state index in [-0.39, 0.29) is 11.2 Å². The van der Waals surface area contributed by atoms with Crippen LogP contribution in [0.4, 0.5) is 0 Å². The first kappa shape index (κ1) is 14.7. The molecule has 2 aromatic rings. The van der Waals surface area contributed by atoms with E-state index in [0.717, 1.165) is 12.0 Å². The average Bonchev–Trinajstić information content (AvgIpc) is 2.47. The monoisotopic (exact) mass is 285 g/mol. The summed E-state index contributed by atoms with van der Waals surface area (Å²) < 4.78 is 0. The molecule has 0 spiro atoms. The highest BCUT2D eigenvalue weighted by Gasteiger charge is 2.07. The smallest absolute Gasteiger partial charge is 0.224 e. The summed E-state index contributed by atoms with van der Waals surface area (Å²) in [7, 11) is 0. The number of amides is 1. The van der Waals surface area contributed by atoms with Crippen LogP contribution in [0.5, 0.6) is 0 Å². The molecule has 0 aromatic heterocycles. The van der Waals surface area contributed by atoms with Crippen molar-refractivity contribution in [2.75, 3.05) is 6.54 Å². The molecule has 104 valence electrons. The van der Waals surface area contributed by atoms with Gasteiger partial charge in [-0.05, 0) is 17.5 Å². The maximum absolute atomic E-state index is 11.8. The molecule has 0 heterocycles. The molecule has 0 fully saturated rings. The van der Waals surface area contributed by atoms with Crippen LogP contribution in [0.3, 0.4) is 0 Å². The Morgan fingerprint density at radius 1 is 0.950 bits per heavy atom. The third kappa shape index (κ3) is 5.10. The molecule has 0 saturated heterocycles. The molecular formula is C17H19NOS. The van der Waals surface area contributed by atoms with E-state index in [9.17, 15) is 4.79 Å². The molecule has 0 aliphatic heterocycles. The Balaban J connectivity index is 1.73. The Bertz CT molecular complexity index is 527. The minimum atomic E-state index is 0.0447. The van der Waals surface area contributed by atoms with Crippen LogP contribution in [0.25, 0.3) is 0 Å². The van der Waals surface area contributed by atoms with E-state index in [2.05, 4.69) is 30.1 Å². The van der Waals surface area contributed by atoms with Crippen LogP contribution in [0, 0.1) is 0 Å². The Morgan fingerprint density at radius 2 is 1.50 bits per heavy atom. The number of carbonyl (C=O) groups is 1. The number of thiol groups is 1. The molecule has 0 bridgehead atoms. The molecule has 2 aromatic carbocycles. The Labute approximate surface area is 125 Å². The number of nitrogens with one attached hydrogen (secondary N) is 1. The van der Waals surface area contributed by atoms with Gasteiger partial charge in [-0.1, -0.05) is 60.7 Å². The highest BCUT2D eigenvalue weighted by Crippen LogP contribution is 2.07. The summed E-state index contributed by atoms with van der Waals surface area (Å²) in [5.74, 6) is 0.0447. The van der Waals surface area contributed by atoms with Crippen LogP contribution in [-0.2, 0) is 17.6 Å². The van der Waals surface area contributed by atoms with Gasteiger partial charge in [-0.15, -0.1) is 0 Å². The van der Waals surface area contributed by atoms with Gasteiger partial charge in [-0.25, -0.2) is 0 Å². The quantitative estimate of drug-likeness (QED) is 0.785. The summed E-state index contributed by atoms with van der Waals surface area (Å²) in [5.41, 5.74) is 2.27. The van der Waals surface area contributed by atoms with Crippen molar-refractivity contribution in [3.8, 4) is 0 Å².